The Morgan fingerprint density at radius 3 is 2.49 bits per heavy atom. The van der Waals surface area contributed by atoms with Gasteiger partial charge in [-0.1, -0.05) is 53.2 Å². The van der Waals surface area contributed by atoms with Gasteiger partial charge < -0.3 is 19.7 Å². The van der Waals surface area contributed by atoms with Gasteiger partial charge >= 0.3 is 0 Å². The molecule has 1 N–H and O–H groups in total. The van der Waals surface area contributed by atoms with Gasteiger partial charge in [-0.25, -0.2) is 9.97 Å². The van der Waals surface area contributed by atoms with Crippen molar-refractivity contribution in [1.29, 1.82) is 0 Å². The van der Waals surface area contributed by atoms with E-state index in [-0.39, 0.29) is 5.91 Å². The van der Waals surface area contributed by atoms with Gasteiger partial charge in [0, 0.05) is 36.2 Å². The number of nitrogens with zero attached hydrogens (tertiary/aromatic N) is 3. The number of amides is 1. The summed E-state index contributed by atoms with van der Waals surface area (Å²) in [5.41, 5.74) is 5.91. The molecule has 3 aromatic carbocycles. The Hall–Kier alpha value is -3.75. The average molecular weight is 561 g/mol. The third kappa shape index (κ3) is 6.46. The minimum absolute atomic E-state index is 0.147. The summed E-state index contributed by atoms with van der Waals surface area (Å²) in [6.07, 6.45) is 0.858. The van der Waals surface area contributed by atoms with Crippen LogP contribution in [-0.2, 0) is 18.7 Å². The molecule has 1 aliphatic rings. The van der Waals surface area contributed by atoms with E-state index in [1.807, 2.05) is 61.5 Å². The lowest BCUT2D eigenvalue weighted by molar-refractivity contribution is 0.102. The molecule has 0 bridgehead atoms. The van der Waals surface area contributed by atoms with Crippen molar-refractivity contribution in [2.45, 2.75) is 30.8 Å². The fourth-order valence-electron chi connectivity index (χ4n) is 4.48. The molecule has 0 saturated heterocycles. The predicted molar refractivity (Wildman–Crippen MR) is 156 cm³/mol. The number of halogens is 1. The second-order valence-corrected chi connectivity index (χ2v) is 10.6. The molecular weight excluding hydrogens is 532 g/mol. The number of thioether (sulfide) groups is 1. The van der Waals surface area contributed by atoms with Gasteiger partial charge in [0.1, 0.15) is 11.0 Å². The molecule has 1 aliphatic heterocycles. The lowest BCUT2D eigenvalue weighted by Gasteiger charge is -2.30. The van der Waals surface area contributed by atoms with Crippen LogP contribution in [0.2, 0.25) is 5.15 Å². The van der Waals surface area contributed by atoms with Crippen molar-refractivity contribution in [2.75, 3.05) is 31.0 Å². The smallest absolute Gasteiger partial charge is 0.255 e. The highest BCUT2D eigenvalue weighted by atomic mass is 35.5. The minimum Gasteiger partial charge on any atom is -0.493 e. The maximum atomic E-state index is 12.8. The Kier molecular flexibility index (Phi) is 8.24. The third-order valence-electron chi connectivity index (χ3n) is 6.57. The number of rotatable bonds is 8. The Balaban J connectivity index is 1.27. The van der Waals surface area contributed by atoms with Crippen LogP contribution in [0.5, 0.6) is 11.5 Å². The third-order valence-corrected chi connectivity index (χ3v) is 7.68. The summed E-state index contributed by atoms with van der Waals surface area (Å²) in [5.74, 6) is 2.69. The van der Waals surface area contributed by atoms with Gasteiger partial charge in [0.25, 0.3) is 5.91 Å². The van der Waals surface area contributed by atoms with Crippen LogP contribution in [0.1, 0.15) is 32.6 Å². The van der Waals surface area contributed by atoms with Crippen LogP contribution in [0.4, 0.5) is 11.5 Å². The van der Waals surface area contributed by atoms with Crippen LogP contribution in [0.3, 0.4) is 0 Å². The number of aryl methyl sites for hydroxylation is 1. The van der Waals surface area contributed by atoms with E-state index < -0.39 is 0 Å². The number of fused-ring (bicyclic) bond motifs is 1. The van der Waals surface area contributed by atoms with E-state index >= 15 is 0 Å². The first kappa shape index (κ1) is 26.8. The Morgan fingerprint density at radius 2 is 1.74 bits per heavy atom. The molecular formula is C30H29ClN4O3S. The molecule has 0 unspecified atom stereocenters. The van der Waals surface area contributed by atoms with Gasteiger partial charge in [-0.05, 0) is 66.4 Å². The van der Waals surface area contributed by atoms with Crippen molar-refractivity contribution < 1.29 is 14.3 Å². The van der Waals surface area contributed by atoms with Gasteiger partial charge in [0.15, 0.2) is 16.7 Å². The van der Waals surface area contributed by atoms with Crippen molar-refractivity contribution in [2.24, 2.45) is 0 Å². The standard InChI is InChI=1S/C30H29ClN4O3S/c1-19-7-9-24(10-8-19)32-29(36)22-6-4-5-20(13-22)18-39-30-33-27(31)16-28(34-30)35-12-11-21-14-25(37-2)26(38-3)15-23(21)17-35/h4-10,13-16H,11-12,17-18H2,1-3H3,(H,32,36). The van der Waals surface area contributed by atoms with Gasteiger partial charge in [0.2, 0.25) is 0 Å². The van der Waals surface area contributed by atoms with Crippen molar-refractivity contribution in [1.82, 2.24) is 9.97 Å². The number of ether oxygens (including phenoxy) is 2. The number of methoxy groups -OCH3 is 2. The highest BCUT2D eigenvalue weighted by Gasteiger charge is 2.21. The zero-order valence-corrected chi connectivity index (χ0v) is 23.6. The molecule has 5 rings (SSSR count). The number of benzene rings is 3. The van der Waals surface area contributed by atoms with Crippen LogP contribution in [0, 0.1) is 6.92 Å². The molecule has 0 saturated carbocycles. The van der Waals surface area contributed by atoms with E-state index in [1.165, 1.54) is 22.9 Å². The van der Waals surface area contributed by atoms with Crippen LogP contribution in [0.15, 0.2) is 71.9 Å². The molecule has 7 nitrogen and oxygen atoms in total. The van der Waals surface area contributed by atoms with Crippen LogP contribution in [0.25, 0.3) is 0 Å². The quantitative estimate of drug-likeness (QED) is 0.148. The monoisotopic (exact) mass is 560 g/mol. The van der Waals surface area contributed by atoms with Crippen LogP contribution in [-0.4, -0.2) is 36.6 Å². The summed E-state index contributed by atoms with van der Waals surface area (Å²) < 4.78 is 11.0. The van der Waals surface area contributed by atoms with E-state index in [4.69, 9.17) is 26.1 Å². The number of aromatic nitrogens is 2. The highest BCUT2D eigenvalue weighted by Crippen LogP contribution is 2.35. The molecule has 1 aromatic heterocycles. The maximum Gasteiger partial charge on any atom is 0.255 e. The molecule has 0 atom stereocenters. The topological polar surface area (TPSA) is 76.6 Å². The molecule has 9 heteroatoms. The molecule has 1 amide bonds. The highest BCUT2D eigenvalue weighted by molar-refractivity contribution is 7.98. The number of carbonyl (C=O) groups excluding carboxylic acids is 1. The zero-order valence-electron chi connectivity index (χ0n) is 22.0. The number of hydrogen-bond acceptors (Lipinski definition) is 7. The molecule has 200 valence electrons. The summed E-state index contributed by atoms with van der Waals surface area (Å²) >= 11 is 7.90. The van der Waals surface area contributed by atoms with Crippen molar-refractivity contribution >= 4 is 40.8 Å². The van der Waals surface area contributed by atoms with E-state index in [2.05, 4.69) is 21.3 Å². The molecule has 0 aliphatic carbocycles. The zero-order chi connectivity index (χ0) is 27.4. The number of hydrogen-bond donors (Lipinski definition) is 1. The second kappa shape index (κ2) is 12.0. The molecule has 0 fully saturated rings. The van der Waals surface area contributed by atoms with Gasteiger partial charge in [0.05, 0.1) is 14.2 Å². The summed E-state index contributed by atoms with van der Waals surface area (Å²) in [5, 5.41) is 3.93. The van der Waals surface area contributed by atoms with Crippen molar-refractivity contribution in [3.05, 3.63) is 99.7 Å². The van der Waals surface area contributed by atoms with E-state index in [0.29, 0.717) is 33.9 Å². The van der Waals surface area contributed by atoms with Gasteiger partial charge in [-0.2, -0.15) is 0 Å². The van der Waals surface area contributed by atoms with Gasteiger partial charge in [-0.3, -0.25) is 4.79 Å². The Labute approximate surface area is 237 Å². The fraction of sp³-hybridized carbons (Fsp3) is 0.233. The van der Waals surface area contributed by atoms with Crippen molar-refractivity contribution in [3.63, 3.8) is 0 Å². The lowest BCUT2D eigenvalue weighted by Crippen LogP contribution is -2.31. The molecule has 39 heavy (non-hydrogen) atoms. The second-order valence-electron chi connectivity index (χ2n) is 9.29. The normalized spacial score (nSPS) is 12.6. The molecule has 0 spiro atoms. The van der Waals surface area contributed by atoms with Crippen LogP contribution < -0.4 is 19.7 Å². The van der Waals surface area contributed by atoms with Crippen molar-refractivity contribution in [3.8, 4) is 11.5 Å². The summed E-state index contributed by atoms with van der Waals surface area (Å²) in [4.78, 5) is 24.2. The van der Waals surface area contributed by atoms with E-state index in [1.54, 1.807) is 20.3 Å². The average Bonchev–Trinajstić information content (AvgIpc) is 2.96. The first-order chi connectivity index (χ1) is 18.9. The van der Waals surface area contributed by atoms with Gasteiger partial charge in [-0.15, -0.1) is 0 Å². The molecule has 4 aromatic rings. The molecule has 0 radical (unpaired) electrons. The number of nitrogens with one attached hydrogen (secondary N) is 1. The molecule has 2 heterocycles. The first-order valence-electron chi connectivity index (χ1n) is 12.5. The largest absolute Gasteiger partial charge is 0.493 e. The van der Waals surface area contributed by atoms with Crippen LogP contribution >= 0.6 is 23.4 Å². The summed E-state index contributed by atoms with van der Waals surface area (Å²) in [6.45, 7) is 3.50. The SMILES string of the molecule is COc1cc2c(cc1OC)CN(c1cc(Cl)nc(SCc3cccc(C(=O)Nc4ccc(C)cc4)c3)n1)CC2. The fourth-order valence-corrected chi connectivity index (χ4v) is 5.51. The summed E-state index contributed by atoms with van der Waals surface area (Å²) in [6, 6.07) is 21.2. The Bertz CT molecular complexity index is 1500. The lowest BCUT2D eigenvalue weighted by atomic mass is 9.99. The maximum absolute atomic E-state index is 12.8. The number of carbonyl (C=O) groups is 1. The first-order valence-corrected chi connectivity index (χ1v) is 13.9. The predicted octanol–water partition coefficient (Wildman–Crippen LogP) is 6.56. The van der Waals surface area contributed by atoms with E-state index in [9.17, 15) is 4.79 Å². The van der Waals surface area contributed by atoms with E-state index in [0.717, 1.165) is 41.3 Å². The number of anilines is 2. The summed E-state index contributed by atoms with van der Waals surface area (Å²) in [7, 11) is 3.29. The Morgan fingerprint density at radius 1 is 1.00 bits per heavy atom. The minimum atomic E-state index is -0.147.